The van der Waals surface area contributed by atoms with Crippen LogP contribution in [-0.4, -0.2) is 22.9 Å². The second-order valence-electron chi connectivity index (χ2n) is 3.17. The van der Waals surface area contributed by atoms with Crippen LogP contribution in [0.1, 0.15) is 21.1 Å². The van der Waals surface area contributed by atoms with E-state index in [2.05, 4.69) is 9.97 Å². The summed E-state index contributed by atoms with van der Waals surface area (Å²) in [4.78, 5) is 28.7. The lowest BCUT2D eigenvalue weighted by Crippen LogP contribution is -2.05. The quantitative estimate of drug-likeness (QED) is 0.784. The molecule has 0 aliphatic carbocycles. The molecule has 0 atom stereocenters. The van der Waals surface area contributed by atoms with Gasteiger partial charge in [-0.05, 0) is 11.4 Å². The molecule has 0 aromatic carbocycles. The number of carbonyl (C=O) groups is 1. The number of nitrogens with one attached hydrogen (secondary N) is 2. The molecule has 0 unspecified atom stereocenters. The zero-order valence-corrected chi connectivity index (χ0v) is 9.39. The summed E-state index contributed by atoms with van der Waals surface area (Å²) in [5.41, 5.74) is 0.354. The van der Waals surface area contributed by atoms with Crippen LogP contribution in [-0.2, 0) is 11.3 Å². The number of carbonyl (C=O) groups excluding carboxylic acids is 1. The number of H-pyrrole nitrogens is 2. The van der Waals surface area contributed by atoms with Crippen LogP contribution >= 0.6 is 11.3 Å². The van der Waals surface area contributed by atoms with Gasteiger partial charge in [-0.25, -0.2) is 4.79 Å². The number of ether oxygens (including phenoxy) is 1. The Morgan fingerprint density at radius 3 is 2.94 bits per heavy atom. The average Bonchev–Trinajstić information content (AvgIpc) is 2.87. The normalized spacial score (nSPS) is 10.6. The van der Waals surface area contributed by atoms with E-state index in [0.29, 0.717) is 10.6 Å². The molecule has 2 N–H and O–H groups in total. The molecule has 5 nitrogen and oxygen atoms in total. The fraction of sp³-hybridized carbons (Fsp3) is 0.200. The van der Waals surface area contributed by atoms with E-state index in [0.717, 1.165) is 0 Å². The summed E-state index contributed by atoms with van der Waals surface area (Å²) in [6.45, 7) is 0.200. The lowest BCUT2D eigenvalue weighted by Gasteiger charge is -1.99. The number of hydrogen-bond donors (Lipinski definition) is 2. The van der Waals surface area contributed by atoms with Gasteiger partial charge in [0, 0.05) is 7.11 Å². The van der Waals surface area contributed by atoms with E-state index in [-0.39, 0.29) is 18.1 Å². The Kier molecular flexibility index (Phi) is 3.02. The van der Waals surface area contributed by atoms with Gasteiger partial charge in [-0.2, -0.15) is 0 Å². The topological polar surface area (TPSA) is 75.0 Å². The monoisotopic (exact) mass is 238 g/mol. The highest BCUT2D eigenvalue weighted by Crippen LogP contribution is 2.15. The molecule has 84 valence electrons. The highest BCUT2D eigenvalue weighted by molar-refractivity contribution is 7.12. The van der Waals surface area contributed by atoms with Crippen LogP contribution in [0.3, 0.4) is 0 Å². The van der Waals surface area contributed by atoms with Crippen molar-refractivity contribution in [3.8, 4) is 0 Å². The van der Waals surface area contributed by atoms with Crippen LogP contribution in [0.2, 0.25) is 0 Å². The van der Waals surface area contributed by atoms with Crippen molar-refractivity contribution in [2.75, 3.05) is 7.11 Å². The predicted octanol–water partition coefficient (Wildman–Crippen LogP) is 1.14. The zero-order valence-electron chi connectivity index (χ0n) is 8.57. The van der Waals surface area contributed by atoms with Gasteiger partial charge in [0.15, 0.2) is 0 Å². The Labute approximate surface area is 95.1 Å². The highest BCUT2D eigenvalue weighted by Gasteiger charge is 2.17. The van der Waals surface area contributed by atoms with E-state index in [4.69, 9.17) is 4.74 Å². The van der Waals surface area contributed by atoms with Crippen LogP contribution in [0.5, 0.6) is 0 Å². The summed E-state index contributed by atoms with van der Waals surface area (Å²) in [5.74, 6) is -0.194. The second-order valence-corrected chi connectivity index (χ2v) is 4.12. The first-order valence-corrected chi connectivity index (χ1v) is 5.48. The Bertz CT molecular complexity index is 539. The number of imidazole rings is 1. The number of aromatic amines is 2. The maximum atomic E-state index is 12.0. The van der Waals surface area contributed by atoms with Gasteiger partial charge in [0.05, 0.1) is 17.2 Å². The fourth-order valence-corrected chi connectivity index (χ4v) is 2.07. The van der Waals surface area contributed by atoms with Crippen LogP contribution in [0.25, 0.3) is 0 Å². The summed E-state index contributed by atoms with van der Waals surface area (Å²) in [5, 5.41) is 1.81. The van der Waals surface area contributed by atoms with Crippen LogP contribution < -0.4 is 5.69 Å². The smallest absolute Gasteiger partial charge is 0.323 e. The lowest BCUT2D eigenvalue weighted by atomic mass is 10.2. The van der Waals surface area contributed by atoms with Gasteiger partial charge in [-0.15, -0.1) is 11.3 Å². The Balaban J connectivity index is 2.40. The van der Waals surface area contributed by atoms with Crippen molar-refractivity contribution in [2.45, 2.75) is 6.61 Å². The summed E-state index contributed by atoms with van der Waals surface area (Å²) in [6, 6.07) is 3.51. The Morgan fingerprint density at radius 2 is 2.31 bits per heavy atom. The molecule has 0 spiro atoms. The van der Waals surface area contributed by atoms with Crippen molar-refractivity contribution in [1.82, 2.24) is 9.97 Å². The van der Waals surface area contributed by atoms with Gasteiger partial charge >= 0.3 is 5.69 Å². The molecular weight excluding hydrogens is 228 g/mol. The average molecular weight is 238 g/mol. The Hall–Kier alpha value is -1.66. The van der Waals surface area contributed by atoms with Gasteiger partial charge in [0.2, 0.25) is 5.78 Å². The molecule has 2 aromatic rings. The summed E-state index contributed by atoms with van der Waals surface area (Å²) >= 11 is 1.34. The molecule has 0 saturated carbocycles. The van der Waals surface area contributed by atoms with E-state index in [1.54, 1.807) is 12.1 Å². The first kappa shape index (κ1) is 10.8. The minimum Gasteiger partial charge on any atom is -0.378 e. The maximum absolute atomic E-state index is 12.0. The minimum atomic E-state index is -0.396. The maximum Gasteiger partial charge on any atom is 0.323 e. The SMILES string of the molecule is COCc1[nH]c(=O)[nH]c1C(=O)c1cccs1. The third-order valence-electron chi connectivity index (χ3n) is 2.07. The molecule has 0 aliphatic heterocycles. The highest BCUT2D eigenvalue weighted by atomic mass is 32.1. The number of hydrogen-bond acceptors (Lipinski definition) is 4. The van der Waals surface area contributed by atoms with Crippen LogP contribution in [0.15, 0.2) is 22.3 Å². The molecule has 0 saturated heterocycles. The van der Waals surface area contributed by atoms with Crippen LogP contribution in [0.4, 0.5) is 0 Å². The molecule has 16 heavy (non-hydrogen) atoms. The van der Waals surface area contributed by atoms with Crippen molar-refractivity contribution in [3.05, 3.63) is 44.3 Å². The van der Waals surface area contributed by atoms with E-state index >= 15 is 0 Å². The lowest BCUT2D eigenvalue weighted by molar-refractivity contribution is 0.103. The fourth-order valence-electron chi connectivity index (χ4n) is 1.40. The number of methoxy groups -OCH3 is 1. The van der Waals surface area contributed by atoms with E-state index < -0.39 is 5.69 Å². The van der Waals surface area contributed by atoms with Crippen molar-refractivity contribution < 1.29 is 9.53 Å². The van der Waals surface area contributed by atoms with Gasteiger partial charge in [-0.3, -0.25) is 4.79 Å². The first-order chi connectivity index (χ1) is 7.72. The molecule has 0 amide bonds. The molecule has 2 rings (SSSR count). The number of rotatable bonds is 4. The van der Waals surface area contributed by atoms with E-state index in [1.165, 1.54) is 18.4 Å². The molecule has 0 radical (unpaired) electrons. The summed E-state index contributed by atoms with van der Waals surface area (Å²) in [7, 11) is 1.50. The van der Waals surface area contributed by atoms with Gasteiger partial charge < -0.3 is 14.7 Å². The van der Waals surface area contributed by atoms with Gasteiger partial charge in [0.25, 0.3) is 0 Å². The molecule has 0 fully saturated rings. The van der Waals surface area contributed by atoms with E-state index in [1.807, 2.05) is 5.38 Å². The van der Waals surface area contributed by atoms with Crippen molar-refractivity contribution in [3.63, 3.8) is 0 Å². The molecule has 0 aliphatic rings. The molecule has 2 heterocycles. The largest absolute Gasteiger partial charge is 0.378 e. The number of aromatic nitrogens is 2. The second kappa shape index (κ2) is 4.46. The minimum absolute atomic E-state index is 0.194. The predicted molar refractivity (Wildman–Crippen MR) is 59.9 cm³/mol. The third kappa shape index (κ3) is 1.98. The molecule has 2 aromatic heterocycles. The molecule has 6 heteroatoms. The third-order valence-corrected chi connectivity index (χ3v) is 2.93. The van der Waals surface area contributed by atoms with Crippen molar-refractivity contribution in [2.24, 2.45) is 0 Å². The van der Waals surface area contributed by atoms with Gasteiger partial charge in [-0.1, -0.05) is 6.07 Å². The Morgan fingerprint density at radius 1 is 1.50 bits per heavy atom. The molecular formula is C10H10N2O3S. The standard InChI is InChI=1S/C10H10N2O3S/c1-15-5-6-8(12-10(14)11-6)9(13)7-3-2-4-16-7/h2-4H,5H2,1H3,(H2,11,12,14). The van der Waals surface area contributed by atoms with Crippen LogP contribution in [0, 0.1) is 0 Å². The molecule has 0 bridgehead atoms. The number of thiophene rings is 1. The first-order valence-electron chi connectivity index (χ1n) is 4.60. The van der Waals surface area contributed by atoms with E-state index in [9.17, 15) is 9.59 Å². The number of ketones is 1. The zero-order chi connectivity index (χ0) is 11.5. The van der Waals surface area contributed by atoms with Crippen molar-refractivity contribution >= 4 is 17.1 Å². The summed E-state index contributed by atoms with van der Waals surface area (Å²) < 4.78 is 4.91. The van der Waals surface area contributed by atoms with Gasteiger partial charge in [0.1, 0.15) is 5.69 Å². The van der Waals surface area contributed by atoms with Crippen molar-refractivity contribution in [1.29, 1.82) is 0 Å². The summed E-state index contributed by atoms with van der Waals surface area (Å²) in [6.07, 6.45) is 0.